The Hall–Kier alpha value is -2.69. The quantitative estimate of drug-likeness (QED) is 0.783. The van der Waals surface area contributed by atoms with Gasteiger partial charge in [0.05, 0.1) is 16.9 Å². The summed E-state index contributed by atoms with van der Waals surface area (Å²) in [6.45, 7) is -0.409. The second kappa shape index (κ2) is 6.80. The van der Waals surface area contributed by atoms with Crippen molar-refractivity contribution in [2.24, 2.45) is 4.40 Å². The summed E-state index contributed by atoms with van der Waals surface area (Å²) in [7, 11) is -3.72. The van der Waals surface area contributed by atoms with Crippen LogP contribution in [0.2, 0.25) is 0 Å². The number of halogens is 4. The molecule has 1 aromatic rings. The van der Waals surface area contributed by atoms with E-state index >= 15 is 0 Å². The van der Waals surface area contributed by atoms with Crippen LogP contribution in [0, 0.1) is 5.82 Å². The molecule has 3 rings (SSSR count). The molecule has 0 saturated heterocycles. The number of alkyl halides is 3. The van der Waals surface area contributed by atoms with Gasteiger partial charge in [-0.25, -0.2) is 12.8 Å². The predicted molar refractivity (Wildman–Crippen MR) is 88.4 cm³/mol. The summed E-state index contributed by atoms with van der Waals surface area (Å²) in [5.74, 6) is -2.13. The fourth-order valence-corrected chi connectivity index (χ4v) is 3.62. The smallest absolute Gasteiger partial charge is 0.348 e. The highest BCUT2D eigenvalue weighted by atomic mass is 32.2. The number of amides is 1. The Balaban J connectivity index is 1.82. The lowest BCUT2D eigenvalue weighted by Crippen LogP contribution is -2.42. The molecular formula is C16H13F4N3O3S. The lowest BCUT2D eigenvalue weighted by atomic mass is 10.1. The minimum Gasteiger partial charge on any atom is -0.348 e. The number of fused-ring (bicyclic) bond motifs is 1. The van der Waals surface area contributed by atoms with Crippen LogP contribution >= 0.6 is 0 Å². The van der Waals surface area contributed by atoms with Crippen molar-refractivity contribution in [1.82, 2.24) is 10.2 Å². The minimum absolute atomic E-state index is 0.0866. The van der Waals surface area contributed by atoms with E-state index in [0.717, 1.165) is 12.1 Å². The third-order valence-corrected chi connectivity index (χ3v) is 5.07. The number of benzene rings is 1. The zero-order chi connectivity index (χ0) is 19.8. The van der Waals surface area contributed by atoms with Crippen LogP contribution in [0.25, 0.3) is 0 Å². The van der Waals surface area contributed by atoms with Crippen LogP contribution in [-0.4, -0.2) is 37.4 Å². The molecule has 0 bridgehead atoms. The van der Waals surface area contributed by atoms with Crippen molar-refractivity contribution in [3.63, 3.8) is 0 Å². The van der Waals surface area contributed by atoms with Crippen molar-refractivity contribution in [3.05, 3.63) is 59.1 Å². The van der Waals surface area contributed by atoms with Crippen molar-refractivity contribution in [3.8, 4) is 0 Å². The number of hydrogen-bond acceptors (Lipinski definition) is 4. The fraction of sp³-hybridized carbons (Fsp3) is 0.250. The zero-order valence-electron chi connectivity index (χ0n) is 13.6. The highest BCUT2D eigenvalue weighted by molar-refractivity contribution is 7.90. The van der Waals surface area contributed by atoms with E-state index in [2.05, 4.69) is 9.71 Å². The molecule has 0 aliphatic carbocycles. The third kappa shape index (κ3) is 4.18. The maximum Gasteiger partial charge on any atom is 0.416 e. The van der Waals surface area contributed by atoms with E-state index in [1.165, 1.54) is 17.1 Å². The van der Waals surface area contributed by atoms with Crippen molar-refractivity contribution < 1.29 is 30.8 Å². The summed E-state index contributed by atoms with van der Waals surface area (Å²) in [5.41, 5.74) is -1.60. The fourth-order valence-electron chi connectivity index (χ4n) is 2.63. The van der Waals surface area contributed by atoms with Gasteiger partial charge < -0.3 is 10.2 Å². The highest BCUT2D eigenvalue weighted by Gasteiger charge is 2.34. The van der Waals surface area contributed by atoms with Gasteiger partial charge in [0.1, 0.15) is 5.82 Å². The number of allylic oxidation sites excluding steroid dienone is 2. The number of amidine groups is 1. The molecule has 2 aliphatic rings. The molecule has 0 atom stereocenters. The van der Waals surface area contributed by atoms with E-state index in [0.29, 0.717) is 6.07 Å². The summed E-state index contributed by atoms with van der Waals surface area (Å²) < 4.78 is 79.1. The normalized spacial score (nSPS) is 18.4. The van der Waals surface area contributed by atoms with Gasteiger partial charge in [-0.3, -0.25) is 4.79 Å². The number of nitrogens with zero attached hydrogens (tertiary/aromatic N) is 2. The van der Waals surface area contributed by atoms with Gasteiger partial charge in [-0.1, -0.05) is 6.07 Å². The van der Waals surface area contributed by atoms with Crippen LogP contribution in [-0.2, 0) is 27.5 Å². The van der Waals surface area contributed by atoms with Gasteiger partial charge in [0.15, 0.2) is 5.84 Å². The molecule has 1 amide bonds. The molecule has 11 heteroatoms. The van der Waals surface area contributed by atoms with Gasteiger partial charge in [0.2, 0.25) is 0 Å². The van der Waals surface area contributed by atoms with Crippen molar-refractivity contribution in [1.29, 1.82) is 0 Å². The molecule has 0 aromatic heterocycles. The molecule has 1 aromatic carbocycles. The maximum atomic E-state index is 13.1. The molecule has 1 N–H and O–H groups in total. The summed E-state index contributed by atoms with van der Waals surface area (Å²) >= 11 is 0. The Morgan fingerprint density at radius 1 is 1.30 bits per heavy atom. The largest absolute Gasteiger partial charge is 0.416 e. The molecule has 144 valence electrons. The predicted octanol–water partition coefficient (Wildman–Crippen LogP) is 1.96. The van der Waals surface area contributed by atoms with Crippen molar-refractivity contribution >= 4 is 21.8 Å². The van der Waals surface area contributed by atoms with Gasteiger partial charge >= 0.3 is 6.18 Å². The lowest BCUT2D eigenvalue weighted by molar-refractivity contribution is -0.138. The van der Waals surface area contributed by atoms with Gasteiger partial charge in [0.25, 0.3) is 15.9 Å². The van der Waals surface area contributed by atoms with Crippen LogP contribution in [0.1, 0.15) is 11.1 Å². The molecule has 6 nitrogen and oxygen atoms in total. The number of rotatable bonds is 3. The van der Waals surface area contributed by atoms with Crippen LogP contribution in [0.5, 0.6) is 0 Å². The first-order valence-corrected chi connectivity index (χ1v) is 9.30. The molecule has 0 saturated carbocycles. The Labute approximate surface area is 151 Å². The standard InChI is InChI=1S/C16H13F4N3O3S/c17-11-4-3-10(13(8-11)16(18,19)20)9-21-15(24)12-2-1-5-23-6-7-27(25,26)22-14(12)23/h1-5,8H,6-7,9H2,(H,21,24). The molecule has 2 aliphatic heterocycles. The average molecular weight is 403 g/mol. The summed E-state index contributed by atoms with van der Waals surface area (Å²) in [5, 5.41) is 2.30. The van der Waals surface area contributed by atoms with Crippen LogP contribution in [0.3, 0.4) is 0 Å². The number of hydrogen-bond donors (Lipinski definition) is 1. The van der Waals surface area contributed by atoms with Crippen LogP contribution in [0.4, 0.5) is 17.6 Å². The summed E-state index contributed by atoms with van der Waals surface area (Å²) in [4.78, 5) is 13.9. The molecule has 0 radical (unpaired) electrons. The van der Waals surface area contributed by atoms with E-state index in [1.807, 2.05) is 0 Å². The SMILES string of the molecule is O=C(NCc1ccc(F)cc1C(F)(F)F)C1=CC=CN2CCS(=O)(=O)N=C12. The number of nitrogens with one attached hydrogen (secondary N) is 1. The Kier molecular flexibility index (Phi) is 4.81. The van der Waals surface area contributed by atoms with E-state index in [9.17, 15) is 30.8 Å². The number of carbonyl (C=O) groups is 1. The highest BCUT2D eigenvalue weighted by Crippen LogP contribution is 2.32. The molecule has 0 fully saturated rings. The molecule has 0 spiro atoms. The lowest BCUT2D eigenvalue weighted by Gasteiger charge is -2.28. The first kappa shape index (κ1) is 19.1. The Morgan fingerprint density at radius 2 is 2.04 bits per heavy atom. The molecule has 27 heavy (non-hydrogen) atoms. The third-order valence-electron chi connectivity index (χ3n) is 3.92. The first-order valence-electron chi connectivity index (χ1n) is 7.69. The Morgan fingerprint density at radius 3 is 2.74 bits per heavy atom. The summed E-state index contributed by atoms with van der Waals surface area (Å²) in [6, 6.07) is 2.14. The van der Waals surface area contributed by atoms with Gasteiger partial charge in [-0.2, -0.15) is 13.2 Å². The molecular weight excluding hydrogens is 390 g/mol. The van der Waals surface area contributed by atoms with Gasteiger partial charge in [-0.05, 0) is 29.8 Å². The van der Waals surface area contributed by atoms with Crippen LogP contribution < -0.4 is 5.32 Å². The number of carbonyl (C=O) groups excluding carboxylic acids is 1. The summed E-state index contributed by atoms with van der Waals surface area (Å²) in [6.07, 6.45) is -0.412. The van der Waals surface area contributed by atoms with E-state index in [4.69, 9.17) is 0 Å². The molecule has 2 heterocycles. The second-order valence-corrected chi connectivity index (χ2v) is 7.55. The van der Waals surface area contributed by atoms with E-state index in [1.54, 1.807) is 6.20 Å². The first-order chi connectivity index (χ1) is 12.6. The number of sulfonamides is 1. The van der Waals surface area contributed by atoms with E-state index < -0.39 is 40.0 Å². The van der Waals surface area contributed by atoms with Crippen LogP contribution in [0.15, 0.2) is 46.5 Å². The molecule has 0 unspecified atom stereocenters. The maximum absolute atomic E-state index is 13.1. The van der Waals surface area contributed by atoms with Gasteiger partial charge in [0, 0.05) is 19.3 Å². The second-order valence-electron chi connectivity index (χ2n) is 5.80. The van der Waals surface area contributed by atoms with Gasteiger partial charge in [-0.15, -0.1) is 4.40 Å². The topological polar surface area (TPSA) is 78.8 Å². The minimum atomic E-state index is -4.78. The van der Waals surface area contributed by atoms with Crippen molar-refractivity contribution in [2.45, 2.75) is 12.7 Å². The Bertz CT molecular complexity index is 981. The monoisotopic (exact) mass is 403 g/mol. The van der Waals surface area contributed by atoms with E-state index in [-0.39, 0.29) is 29.3 Å². The van der Waals surface area contributed by atoms with Crippen molar-refractivity contribution in [2.75, 3.05) is 12.3 Å². The average Bonchev–Trinajstić information content (AvgIpc) is 2.58. The zero-order valence-corrected chi connectivity index (χ0v) is 14.4.